The Hall–Kier alpha value is -2.83. The fourth-order valence-corrected chi connectivity index (χ4v) is 2.89. The van der Waals surface area contributed by atoms with Gasteiger partial charge in [0.15, 0.2) is 0 Å². The van der Waals surface area contributed by atoms with Crippen LogP contribution in [0.3, 0.4) is 0 Å². The van der Waals surface area contributed by atoms with Gasteiger partial charge in [-0.2, -0.15) is 0 Å². The number of aromatic nitrogens is 2. The zero-order valence-corrected chi connectivity index (χ0v) is 13.8. The molecule has 0 radical (unpaired) electrons. The highest BCUT2D eigenvalue weighted by Gasteiger charge is 2.47. The lowest BCUT2D eigenvalue weighted by Crippen LogP contribution is -2.43. The second-order valence-electron chi connectivity index (χ2n) is 5.93. The Balaban J connectivity index is 1.74. The van der Waals surface area contributed by atoms with Crippen LogP contribution in [0.4, 0.5) is 10.2 Å². The van der Waals surface area contributed by atoms with E-state index in [0.29, 0.717) is 12.4 Å². The number of pyridine rings is 2. The molecule has 0 saturated heterocycles. The molecule has 1 amide bonds. The summed E-state index contributed by atoms with van der Waals surface area (Å²) >= 11 is 0. The summed E-state index contributed by atoms with van der Waals surface area (Å²) in [6, 6.07) is 4.49. The van der Waals surface area contributed by atoms with Crippen molar-refractivity contribution < 1.29 is 18.7 Å². The predicted octanol–water partition coefficient (Wildman–Crippen LogP) is 2.85. The fraction of sp³-hybridized carbons (Fsp3) is 0.333. The Labute approximate surface area is 144 Å². The lowest BCUT2D eigenvalue weighted by molar-refractivity contribution is -0.153. The zero-order chi connectivity index (χ0) is 17.9. The minimum Gasteiger partial charge on any atom is -0.465 e. The average molecular weight is 343 g/mol. The van der Waals surface area contributed by atoms with Crippen LogP contribution in [0.25, 0.3) is 0 Å². The number of amides is 1. The molecule has 6 nitrogen and oxygen atoms in total. The first-order valence-electron chi connectivity index (χ1n) is 8.11. The molecule has 0 unspecified atom stereocenters. The highest BCUT2D eigenvalue weighted by Crippen LogP contribution is 2.44. The molecule has 1 fully saturated rings. The second-order valence-corrected chi connectivity index (χ2v) is 5.93. The van der Waals surface area contributed by atoms with Crippen molar-refractivity contribution in [1.29, 1.82) is 0 Å². The molecule has 0 bridgehead atoms. The van der Waals surface area contributed by atoms with Gasteiger partial charge in [-0.25, -0.2) is 9.37 Å². The summed E-state index contributed by atoms with van der Waals surface area (Å²) in [6.07, 6.45) is 6.30. The summed E-state index contributed by atoms with van der Waals surface area (Å²) in [6.45, 7) is 2.12. The van der Waals surface area contributed by atoms with Gasteiger partial charge in [0, 0.05) is 12.4 Å². The normalized spacial score (nSPS) is 15.1. The van der Waals surface area contributed by atoms with Gasteiger partial charge in [0.05, 0.1) is 23.8 Å². The van der Waals surface area contributed by atoms with Crippen molar-refractivity contribution in [1.82, 2.24) is 9.97 Å². The van der Waals surface area contributed by atoms with E-state index in [1.807, 2.05) is 0 Å². The van der Waals surface area contributed by atoms with Crippen molar-refractivity contribution in [2.24, 2.45) is 0 Å². The third kappa shape index (κ3) is 3.35. The molecular formula is C18H18FN3O3. The molecule has 0 spiro atoms. The summed E-state index contributed by atoms with van der Waals surface area (Å²) in [4.78, 5) is 32.2. The lowest BCUT2D eigenvalue weighted by atomic mass is 9.65. The summed E-state index contributed by atoms with van der Waals surface area (Å²) in [5, 5.41) is 2.58. The molecule has 1 aliphatic rings. The third-order valence-corrected chi connectivity index (χ3v) is 4.40. The van der Waals surface area contributed by atoms with Crippen LogP contribution in [0.5, 0.6) is 0 Å². The molecule has 7 heteroatoms. The molecule has 25 heavy (non-hydrogen) atoms. The smallest absolute Gasteiger partial charge is 0.316 e. The Morgan fingerprint density at radius 3 is 2.64 bits per heavy atom. The SMILES string of the molecule is CCOC(=O)C1(c2ccc(NC(=O)c3cncc(F)c3)nc2)CCC1. The maximum atomic E-state index is 13.1. The molecule has 1 N–H and O–H groups in total. The number of nitrogens with zero attached hydrogens (tertiary/aromatic N) is 2. The Kier molecular flexibility index (Phi) is 4.74. The van der Waals surface area contributed by atoms with E-state index in [-0.39, 0.29) is 11.5 Å². The molecule has 0 aliphatic heterocycles. The van der Waals surface area contributed by atoms with E-state index < -0.39 is 17.1 Å². The molecule has 2 heterocycles. The summed E-state index contributed by atoms with van der Waals surface area (Å²) < 4.78 is 18.3. The van der Waals surface area contributed by atoms with Gasteiger partial charge in [-0.05, 0) is 37.5 Å². The number of hydrogen-bond donors (Lipinski definition) is 1. The molecule has 0 atom stereocenters. The minimum atomic E-state index is -0.627. The number of esters is 1. The van der Waals surface area contributed by atoms with E-state index in [2.05, 4.69) is 15.3 Å². The highest BCUT2D eigenvalue weighted by atomic mass is 19.1. The molecule has 0 aromatic carbocycles. The largest absolute Gasteiger partial charge is 0.465 e. The second kappa shape index (κ2) is 6.96. The van der Waals surface area contributed by atoms with Crippen molar-refractivity contribution in [3.8, 4) is 0 Å². The topological polar surface area (TPSA) is 81.2 Å². The van der Waals surface area contributed by atoms with Gasteiger partial charge in [-0.3, -0.25) is 14.6 Å². The van der Waals surface area contributed by atoms with Gasteiger partial charge in [-0.1, -0.05) is 12.5 Å². The third-order valence-electron chi connectivity index (χ3n) is 4.40. The van der Waals surface area contributed by atoms with Gasteiger partial charge >= 0.3 is 5.97 Å². The quantitative estimate of drug-likeness (QED) is 0.844. The van der Waals surface area contributed by atoms with E-state index in [9.17, 15) is 14.0 Å². The van der Waals surface area contributed by atoms with Gasteiger partial charge in [0.2, 0.25) is 0 Å². The Bertz CT molecular complexity index is 788. The minimum absolute atomic E-state index is 0.105. The maximum Gasteiger partial charge on any atom is 0.316 e. The molecule has 2 aromatic rings. The van der Waals surface area contributed by atoms with Crippen LogP contribution in [-0.2, 0) is 14.9 Å². The highest BCUT2D eigenvalue weighted by molar-refractivity contribution is 6.03. The summed E-state index contributed by atoms with van der Waals surface area (Å²) in [5.74, 6) is -1.00. The van der Waals surface area contributed by atoms with Crippen molar-refractivity contribution in [3.63, 3.8) is 0 Å². The first kappa shape index (κ1) is 17.0. The van der Waals surface area contributed by atoms with E-state index in [0.717, 1.165) is 37.1 Å². The van der Waals surface area contributed by atoms with Crippen LogP contribution in [0.15, 0.2) is 36.8 Å². The zero-order valence-electron chi connectivity index (χ0n) is 13.8. The molecule has 2 aromatic heterocycles. The standard InChI is InChI=1S/C18H18FN3O3/c1-2-25-17(24)18(6-3-7-18)13-4-5-15(21-10-13)22-16(23)12-8-14(19)11-20-9-12/h4-5,8-11H,2-3,6-7H2,1H3,(H,21,22,23). The van der Waals surface area contributed by atoms with Crippen molar-refractivity contribution in [2.45, 2.75) is 31.6 Å². The number of halogens is 1. The van der Waals surface area contributed by atoms with Crippen molar-refractivity contribution in [3.05, 3.63) is 53.7 Å². The molecule has 1 aliphatic carbocycles. The van der Waals surface area contributed by atoms with Gasteiger partial charge in [0.25, 0.3) is 5.91 Å². The van der Waals surface area contributed by atoms with Crippen LogP contribution in [0.1, 0.15) is 42.1 Å². The summed E-state index contributed by atoms with van der Waals surface area (Å²) in [7, 11) is 0. The lowest BCUT2D eigenvalue weighted by Gasteiger charge is -2.39. The monoisotopic (exact) mass is 343 g/mol. The number of ether oxygens (including phenoxy) is 1. The van der Waals surface area contributed by atoms with Crippen molar-refractivity contribution in [2.75, 3.05) is 11.9 Å². The number of rotatable bonds is 5. The molecule has 1 saturated carbocycles. The van der Waals surface area contributed by atoms with Gasteiger partial charge in [-0.15, -0.1) is 0 Å². The van der Waals surface area contributed by atoms with Crippen molar-refractivity contribution >= 4 is 17.7 Å². The average Bonchev–Trinajstić information content (AvgIpc) is 2.55. The van der Waals surface area contributed by atoms with Gasteiger partial charge < -0.3 is 10.1 Å². The number of carbonyl (C=O) groups excluding carboxylic acids is 2. The summed E-state index contributed by atoms with van der Waals surface area (Å²) in [5.41, 5.74) is 0.258. The first-order valence-corrected chi connectivity index (χ1v) is 8.11. The van der Waals surface area contributed by atoms with E-state index in [1.165, 1.54) is 6.20 Å². The van der Waals surface area contributed by atoms with Crippen LogP contribution in [0, 0.1) is 5.82 Å². The van der Waals surface area contributed by atoms with Crippen LogP contribution in [0.2, 0.25) is 0 Å². The molecule has 3 rings (SSSR count). The van der Waals surface area contributed by atoms with E-state index in [4.69, 9.17) is 4.74 Å². The van der Waals surface area contributed by atoms with E-state index in [1.54, 1.807) is 25.3 Å². The number of anilines is 1. The van der Waals surface area contributed by atoms with Crippen LogP contribution in [-0.4, -0.2) is 28.5 Å². The molecule has 130 valence electrons. The number of nitrogens with one attached hydrogen (secondary N) is 1. The molecular weight excluding hydrogens is 325 g/mol. The fourth-order valence-electron chi connectivity index (χ4n) is 2.89. The Morgan fingerprint density at radius 1 is 1.28 bits per heavy atom. The number of carbonyl (C=O) groups is 2. The predicted molar refractivity (Wildman–Crippen MR) is 88.5 cm³/mol. The van der Waals surface area contributed by atoms with Crippen LogP contribution >= 0.6 is 0 Å². The van der Waals surface area contributed by atoms with E-state index >= 15 is 0 Å². The first-order chi connectivity index (χ1) is 12.0. The Morgan fingerprint density at radius 2 is 2.08 bits per heavy atom. The van der Waals surface area contributed by atoms with Crippen LogP contribution < -0.4 is 5.32 Å². The number of hydrogen-bond acceptors (Lipinski definition) is 5. The maximum absolute atomic E-state index is 13.1. The van der Waals surface area contributed by atoms with Gasteiger partial charge in [0.1, 0.15) is 11.6 Å².